The molecule has 2 aliphatic heterocycles. The third-order valence-electron chi connectivity index (χ3n) is 1.63. The molecule has 0 aromatic heterocycles. The van der Waals surface area contributed by atoms with Gasteiger partial charge in [0.15, 0.2) is 0 Å². The number of carbonyl (C=O) groups is 1. The highest BCUT2D eigenvalue weighted by Crippen LogP contribution is 2.27. The van der Waals surface area contributed by atoms with Crippen molar-refractivity contribution >= 4 is 28.2 Å². The molecule has 2 aliphatic rings. The molecular formula is C6H6BrN3O. The van der Waals surface area contributed by atoms with Crippen LogP contribution in [0.2, 0.25) is 0 Å². The number of amides is 1. The predicted octanol–water partition coefficient (Wildman–Crippen LogP) is 0.370. The summed E-state index contributed by atoms with van der Waals surface area (Å²) >= 11 is 3.39. The van der Waals surface area contributed by atoms with Gasteiger partial charge in [-0.15, -0.1) is 0 Å². The lowest BCUT2D eigenvalue weighted by Gasteiger charge is -2.22. The summed E-state index contributed by atoms with van der Waals surface area (Å²) in [5, 5.41) is 8.16. The van der Waals surface area contributed by atoms with Crippen LogP contribution >= 0.6 is 15.9 Å². The van der Waals surface area contributed by atoms with Gasteiger partial charge in [0.2, 0.25) is 0 Å². The molecule has 0 aliphatic carbocycles. The normalized spacial score (nSPS) is 28.1. The van der Waals surface area contributed by atoms with Gasteiger partial charge in [0.05, 0.1) is 0 Å². The van der Waals surface area contributed by atoms with Gasteiger partial charge in [0.1, 0.15) is 17.0 Å². The van der Waals surface area contributed by atoms with Crippen LogP contribution in [0.3, 0.4) is 0 Å². The van der Waals surface area contributed by atoms with Crippen molar-refractivity contribution in [2.24, 2.45) is 5.10 Å². The maximum atomic E-state index is 11.1. The molecule has 0 fully saturated rings. The van der Waals surface area contributed by atoms with E-state index in [1.807, 2.05) is 6.08 Å². The summed E-state index contributed by atoms with van der Waals surface area (Å²) in [6, 6.07) is 0. The summed E-state index contributed by atoms with van der Waals surface area (Å²) in [5.41, 5.74) is 0.634. The lowest BCUT2D eigenvalue weighted by atomic mass is 10.4. The molecule has 0 bridgehead atoms. The quantitative estimate of drug-likeness (QED) is 0.469. The lowest BCUT2D eigenvalue weighted by Crippen LogP contribution is -2.37. The van der Waals surface area contributed by atoms with Crippen LogP contribution in [0.15, 0.2) is 16.9 Å². The van der Waals surface area contributed by atoms with E-state index in [0.29, 0.717) is 5.70 Å². The second-order valence-electron chi connectivity index (χ2n) is 2.32. The Morgan fingerprint density at radius 3 is 3.36 bits per heavy atom. The average Bonchev–Trinajstić information content (AvgIpc) is 2.35. The van der Waals surface area contributed by atoms with Crippen LogP contribution in [-0.2, 0) is 4.79 Å². The van der Waals surface area contributed by atoms with Gasteiger partial charge < -0.3 is 5.32 Å². The number of nitrogens with zero attached hydrogens (tertiary/aromatic N) is 2. The Kier molecular flexibility index (Phi) is 1.45. The summed E-state index contributed by atoms with van der Waals surface area (Å²) in [5.74, 6) is -0.0815. The van der Waals surface area contributed by atoms with Crippen LogP contribution in [0.1, 0.15) is 6.42 Å². The zero-order valence-electron chi connectivity index (χ0n) is 5.62. The van der Waals surface area contributed by atoms with E-state index in [2.05, 4.69) is 26.3 Å². The number of rotatable bonds is 0. The molecule has 0 saturated carbocycles. The molecule has 0 aromatic carbocycles. The SMILES string of the molecule is O=C1NC=NN2C1=CC[C@@H]2Br. The Bertz CT molecular complexity index is 261. The van der Waals surface area contributed by atoms with Crippen molar-refractivity contribution in [2.45, 2.75) is 11.4 Å². The molecule has 1 N–H and O–H groups in total. The van der Waals surface area contributed by atoms with E-state index in [1.165, 1.54) is 6.34 Å². The minimum Gasteiger partial charge on any atom is -0.310 e. The van der Waals surface area contributed by atoms with Crippen LogP contribution in [0, 0.1) is 0 Å². The van der Waals surface area contributed by atoms with Crippen molar-refractivity contribution in [1.29, 1.82) is 0 Å². The third-order valence-corrected chi connectivity index (χ3v) is 2.39. The first-order chi connectivity index (χ1) is 5.29. The topological polar surface area (TPSA) is 44.7 Å². The van der Waals surface area contributed by atoms with Gasteiger partial charge in [0.25, 0.3) is 5.91 Å². The van der Waals surface area contributed by atoms with E-state index in [4.69, 9.17) is 0 Å². The number of nitrogens with one attached hydrogen (secondary N) is 1. The van der Waals surface area contributed by atoms with E-state index in [1.54, 1.807) is 5.01 Å². The van der Waals surface area contributed by atoms with E-state index in [-0.39, 0.29) is 10.9 Å². The molecule has 0 spiro atoms. The molecule has 0 saturated heterocycles. The first-order valence-corrected chi connectivity index (χ1v) is 4.17. The van der Waals surface area contributed by atoms with Gasteiger partial charge in [0, 0.05) is 6.42 Å². The minimum atomic E-state index is -0.0815. The Balaban J connectivity index is 2.34. The molecule has 1 amide bonds. The van der Waals surface area contributed by atoms with Crippen molar-refractivity contribution in [3.8, 4) is 0 Å². The van der Waals surface area contributed by atoms with Crippen LogP contribution in [0.4, 0.5) is 0 Å². The Morgan fingerprint density at radius 1 is 1.82 bits per heavy atom. The number of hydrogen-bond donors (Lipinski definition) is 1. The molecule has 2 rings (SSSR count). The van der Waals surface area contributed by atoms with E-state index in [0.717, 1.165) is 6.42 Å². The molecule has 0 unspecified atom stereocenters. The van der Waals surface area contributed by atoms with E-state index < -0.39 is 0 Å². The monoisotopic (exact) mass is 215 g/mol. The highest BCUT2D eigenvalue weighted by Gasteiger charge is 2.29. The van der Waals surface area contributed by atoms with Crippen LogP contribution < -0.4 is 5.32 Å². The maximum Gasteiger partial charge on any atom is 0.274 e. The molecule has 2 heterocycles. The summed E-state index contributed by atoms with van der Waals surface area (Å²) in [4.78, 5) is 11.2. The number of carbonyl (C=O) groups excluding carboxylic acids is 1. The van der Waals surface area contributed by atoms with Crippen molar-refractivity contribution in [1.82, 2.24) is 10.3 Å². The maximum absolute atomic E-state index is 11.1. The molecule has 1 atom stereocenters. The molecule has 11 heavy (non-hydrogen) atoms. The van der Waals surface area contributed by atoms with Crippen molar-refractivity contribution in [3.05, 3.63) is 11.8 Å². The first kappa shape index (κ1) is 6.84. The molecule has 0 aromatic rings. The van der Waals surface area contributed by atoms with Crippen LogP contribution in [0.5, 0.6) is 0 Å². The van der Waals surface area contributed by atoms with Crippen molar-refractivity contribution in [3.63, 3.8) is 0 Å². The van der Waals surface area contributed by atoms with Gasteiger partial charge in [-0.25, -0.2) is 5.01 Å². The van der Waals surface area contributed by atoms with Gasteiger partial charge in [-0.3, -0.25) is 4.79 Å². The molecule has 58 valence electrons. The van der Waals surface area contributed by atoms with E-state index >= 15 is 0 Å². The zero-order valence-corrected chi connectivity index (χ0v) is 7.21. The fourth-order valence-corrected chi connectivity index (χ4v) is 1.62. The fourth-order valence-electron chi connectivity index (χ4n) is 1.11. The lowest BCUT2D eigenvalue weighted by molar-refractivity contribution is -0.117. The van der Waals surface area contributed by atoms with Gasteiger partial charge in [-0.05, 0) is 0 Å². The van der Waals surface area contributed by atoms with Gasteiger partial charge in [-0.1, -0.05) is 22.0 Å². The largest absolute Gasteiger partial charge is 0.310 e. The van der Waals surface area contributed by atoms with Gasteiger partial charge in [-0.2, -0.15) is 5.10 Å². The standard InChI is InChI=1S/C6H6BrN3O/c7-5-2-1-4-6(11)8-3-9-10(4)5/h1,3,5H,2H2,(H,8,9,11)/t5-/m1/s1. The Hall–Kier alpha value is -0.840. The minimum absolute atomic E-state index is 0.0815. The third kappa shape index (κ3) is 0.956. The fraction of sp³-hybridized carbons (Fsp3) is 0.333. The van der Waals surface area contributed by atoms with Crippen LogP contribution in [0.25, 0.3) is 0 Å². The Morgan fingerprint density at radius 2 is 2.64 bits per heavy atom. The van der Waals surface area contributed by atoms with Gasteiger partial charge >= 0.3 is 0 Å². The second kappa shape index (κ2) is 2.34. The highest BCUT2D eigenvalue weighted by atomic mass is 79.9. The predicted molar refractivity (Wildman–Crippen MR) is 43.9 cm³/mol. The average molecular weight is 216 g/mol. The van der Waals surface area contributed by atoms with Crippen molar-refractivity contribution < 1.29 is 4.79 Å². The molecular weight excluding hydrogens is 210 g/mol. The summed E-state index contributed by atoms with van der Waals surface area (Å²) < 4.78 is 0. The number of alkyl halides is 1. The molecule has 5 heteroatoms. The summed E-state index contributed by atoms with van der Waals surface area (Å²) in [6.07, 6.45) is 4.09. The number of halogens is 1. The Labute approximate surface area is 72.1 Å². The number of fused-ring (bicyclic) bond motifs is 1. The number of hydrazone groups is 1. The van der Waals surface area contributed by atoms with Crippen molar-refractivity contribution in [2.75, 3.05) is 0 Å². The van der Waals surface area contributed by atoms with E-state index in [9.17, 15) is 4.79 Å². The summed E-state index contributed by atoms with van der Waals surface area (Å²) in [7, 11) is 0. The second-order valence-corrected chi connectivity index (χ2v) is 3.38. The first-order valence-electron chi connectivity index (χ1n) is 3.26. The highest BCUT2D eigenvalue weighted by molar-refractivity contribution is 9.09. The molecule has 4 nitrogen and oxygen atoms in total. The smallest absolute Gasteiger partial charge is 0.274 e. The number of hydrogen-bond acceptors (Lipinski definition) is 3. The van der Waals surface area contributed by atoms with Crippen LogP contribution in [-0.4, -0.2) is 22.2 Å². The molecule has 0 radical (unpaired) electrons. The summed E-state index contributed by atoms with van der Waals surface area (Å²) in [6.45, 7) is 0. The zero-order chi connectivity index (χ0) is 7.84.